The van der Waals surface area contributed by atoms with Crippen molar-refractivity contribution in [3.05, 3.63) is 36.4 Å². The molecule has 0 atom stereocenters. The molecule has 0 spiro atoms. The van der Waals surface area contributed by atoms with Gasteiger partial charge in [-0.1, -0.05) is 11.3 Å². The monoisotopic (exact) mass is 246 g/mol. The Kier molecular flexibility index (Phi) is 2.44. The van der Waals surface area contributed by atoms with Gasteiger partial charge in [0, 0.05) is 12.7 Å². The molecule has 2 N–H and O–H groups in total. The number of aromatic nitrogens is 5. The van der Waals surface area contributed by atoms with Gasteiger partial charge in [0.1, 0.15) is 5.52 Å². The van der Waals surface area contributed by atoms with E-state index in [0.717, 1.165) is 0 Å². The Labute approximate surface area is 102 Å². The quantitative estimate of drug-likeness (QED) is 0.749. The molecule has 0 bridgehead atoms. The first kappa shape index (κ1) is 10.7. The van der Waals surface area contributed by atoms with Crippen molar-refractivity contribution in [3.63, 3.8) is 0 Å². The second kappa shape index (κ2) is 4.10. The number of fused-ring (bicyclic) bond motifs is 1. The summed E-state index contributed by atoms with van der Waals surface area (Å²) in [6.45, 7) is 1.17. The summed E-state index contributed by atoms with van der Waals surface area (Å²) >= 11 is 0. The van der Waals surface area contributed by atoms with E-state index in [9.17, 15) is 4.39 Å². The van der Waals surface area contributed by atoms with Crippen molar-refractivity contribution in [2.45, 2.75) is 13.1 Å². The Morgan fingerprint density at radius 2 is 2.17 bits per heavy atom. The summed E-state index contributed by atoms with van der Waals surface area (Å²) in [7, 11) is 0. The number of hydrogen-bond donors (Lipinski definition) is 1. The van der Waals surface area contributed by atoms with Crippen molar-refractivity contribution in [2.75, 3.05) is 5.73 Å². The first-order valence-electron chi connectivity index (χ1n) is 5.50. The number of nitrogens with two attached hydrogens (primary N) is 1. The molecule has 0 aliphatic carbocycles. The minimum Gasteiger partial charge on any atom is -0.369 e. The van der Waals surface area contributed by atoms with Gasteiger partial charge < -0.3 is 10.3 Å². The number of nitrogen functional groups attached to an aromatic ring is 1. The van der Waals surface area contributed by atoms with Crippen molar-refractivity contribution in [1.29, 1.82) is 0 Å². The van der Waals surface area contributed by atoms with Gasteiger partial charge in [-0.15, -0.1) is 5.10 Å². The van der Waals surface area contributed by atoms with Gasteiger partial charge in [-0.2, -0.15) is 0 Å². The number of halogens is 1. The number of rotatable bonds is 3. The highest BCUT2D eigenvalue weighted by Crippen LogP contribution is 2.20. The fourth-order valence-electron chi connectivity index (χ4n) is 1.92. The first-order chi connectivity index (χ1) is 8.75. The van der Waals surface area contributed by atoms with Crippen LogP contribution in [0.15, 0.2) is 30.6 Å². The third-order valence-corrected chi connectivity index (χ3v) is 2.78. The Hall–Kier alpha value is -2.44. The van der Waals surface area contributed by atoms with Crippen LogP contribution in [0, 0.1) is 5.82 Å². The third-order valence-electron chi connectivity index (χ3n) is 2.78. The molecule has 0 aliphatic rings. The average Bonchev–Trinajstić information content (AvgIpc) is 2.95. The molecule has 0 fully saturated rings. The van der Waals surface area contributed by atoms with Crippen LogP contribution in [-0.2, 0) is 13.1 Å². The summed E-state index contributed by atoms with van der Waals surface area (Å²) < 4.78 is 17.0. The van der Waals surface area contributed by atoms with Crippen molar-refractivity contribution >= 4 is 17.0 Å². The van der Waals surface area contributed by atoms with E-state index in [1.807, 2.05) is 0 Å². The zero-order valence-electron chi connectivity index (χ0n) is 9.49. The van der Waals surface area contributed by atoms with Gasteiger partial charge in [-0.25, -0.2) is 9.37 Å². The highest BCUT2D eigenvalue weighted by molar-refractivity contribution is 5.78. The van der Waals surface area contributed by atoms with Crippen molar-refractivity contribution in [3.8, 4) is 0 Å². The molecule has 3 aromatic rings. The lowest BCUT2D eigenvalue weighted by Gasteiger charge is -2.05. The van der Waals surface area contributed by atoms with E-state index < -0.39 is 0 Å². The average molecular weight is 246 g/mol. The number of imidazole rings is 1. The zero-order chi connectivity index (χ0) is 12.5. The number of para-hydroxylation sites is 1. The molecule has 2 aromatic heterocycles. The summed E-state index contributed by atoms with van der Waals surface area (Å²) in [6, 6.07) is 4.81. The molecular formula is C11H11FN6. The summed E-state index contributed by atoms with van der Waals surface area (Å²) in [5.74, 6) is -0.0612. The lowest BCUT2D eigenvalue weighted by atomic mass is 10.3. The molecule has 1 aromatic carbocycles. The molecule has 2 heterocycles. The highest BCUT2D eigenvalue weighted by atomic mass is 19.1. The number of nitrogens with zero attached hydrogens (tertiary/aromatic N) is 5. The van der Waals surface area contributed by atoms with Gasteiger partial charge in [-0.3, -0.25) is 4.68 Å². The van der Waals surface area contributed by atoms with Crippen LogP contribution in [0.1, 0.15) is 0 Å². The molecule has 0 unspecified atom stereocenters. The topological polar surface area (TPSA) is 74.5 Å². The van der Waals surface area contributed by atoms with E-state index in [1.54, 1.807) is 33.8 Å². The van der Waals surface area contributed by atoms with Gasteiger partial charge >= 0.3 is 0 Å². The molecule has 0 aliphatic heterocycles. The van der Waals surface area contributed by atoms with Crippen LogP contribution >= 0.6 is 0 Å². The fourth-order valence-corrected chi connectivity index (χ4v) is 1.92. The van der Waals surface area contributed by atoms with Crippen LogP contribution in [0.2, 0.25) is 0 Å². The molecule has 0 amide bonds. The zero-order valence-corrected chi connectivity index (χ0v) is 9.49. The van der Waals surface area contributed by atoms with Crippen molar-refractivity contribution in [1.82, 2.24) is 24.5 Å². The van der Waals surface area contributed by atoms with E-state index in [2.05, 4.69) is 15.3 Å². The van der Waals surface area contributed by atoms with Crippen LogP contribution in [-0.4, -0.2) is 24.5 Å². The molecule has 0 radical (unpaired) electrons. The second-order valence-electron chi connectivity index (χ2n) is 3.90. The smallest absolute Gasteiger partial charge is 0.201 e. The minimum absolute atomic E-state index is 0.300. The maximum atomic E-state index is 13.5. The van der Waals surface area contributed by atoms with Gasteiger partial charge in [0.15, 0.2) is 5.82 Å². The molecule has 0 saturated carbocycles. The van der Waals surface area contributed by atoms with Gasteiger partial charge in [0.25, 0.3) is 0 Å². The standard InChI is InChI=1S/C11H11FN6/c12-8-2-1-3-9-10(8)15-11(13)18(9)7-6-17-5-4-14-16-17/h1-5H,6-7H2,(H2,13,15). The Morgan fingerprint density at radius 1 is 1.28 bits per heavy atom. The van der Waals surface area contributed by atoms with Gasteiger partial charge in [-0.05, 0) is 12.1 Å². The number of hydrogen-bond acceptors (Lipinski definition) is 4. The third kappa shape index (κ3) is 1.69. The van der Waals surface area contributed by atoms with E-state index in [1.165, 1.54) is 6.07 Å². The van der Waals surface area contributed by atoms with Crippen LogP contribution in [0.3, 0.4) is 0 Å². The van der Waals surface area contributed by atoms with Gasteiger partial charge in [0.05, 0.1) is 18.3 Å². The molecule has 3 rings (SSSR count). The summed E-state index contributed by atoms with van der Waals surface area (Å²) in [4.78, 5) is 4.03. The molecule has 18 heavy (non-hydrogen) atoms. The molecule has 7 heteroatoms. The Bertz CT molecular complexity index is 672. The van der Waals surface area contributed by atoms with E-state index in [4.69, 9.17) is 5.73 Å². The second-order valence-corrected chi connectivity index (χ2v) is 3.90. The number of aryl methyl sites for hydroxylation is 2. The maximum absolute atomic E-state index is 13.5. The first-order valence-corrected chi connectivity index (χ1v) is 5.50. The molecule has 92 valence electrons. The minimum atomic E-state index is -0.362. The largest absolute Gasteiger partial charge is 0.369 e. The summed E-state index contributed by atoms with van der Waals surface area (Å²) in [6.07, 6.45) is 3.37. The fraction of sp³-hybridized carbons (Fsp3) is 0.182. The highest BCUT2D eigenvalue weighted by Gasteiger charge is 2.11. The maximum Gasteiger partial charge on any atom is 0.201 e. The number of anilines is 1. The van der Waals surface area contributed by atoms with Gasteiger partial charge in [0.2, 0.25) is 5.95 Å². The molecule has 0 saturated heterocycles. The molecule has 6 nitrogen and oxygen atoms in total. The lowest BCUT2D eigenvalue weighted by Crippen LogP contribution is -2.10. The van der Waals surface area contributed by atoms with Crippen LogP contribution < -0.4 is 5.73 Å². The molecular weight excluding hydrogens is 235 g/mol. The Morgan fingerprint density at radius 3 is 2.94 bits per heavy atom. The van der Waals surface area contributed by atoms with Crippen molar-refractivity contribution in [2.24, 2.45) is 0 Å². The van der Waals surface area contributed by atoms with Crippen LogP contribution in [0.5, 0.6) is 0 Å². The van der Waals surface area contributed by atoms with E-state index >= 15 is 0 Å². The lowest BCUT2D eigenvalue weighted by molar-refractivity contribution is 0.529. The summed E-state index contributed by atoms with van der Waals surface area (Å²) in [5, 5.41) is 7.58. The SMILES string of the molecule is Nc1nc2c(F)cccc2n1CCn1ccnn1. The van der Waals surface area contributed by atoms with Crippen LogP contribution in [0.25, 0.3) is 11.0 Å². The normalized spacial score (nSPS) is 11.2. The Balaban J connectivity index is 1.96. The van der Waals surface area contributed by atoms with E-state index in [0.29, 0.717) is 30.1 Å². The number of benzene rings is 1. The van der Waals surface area contributed by atoms with Crippen molar-refractivity contribution < 1.29 is 4.39 Å². The summed E-state index contributed by atoms with van der Waals surface area (Å²) in [5.41, 5.74) is 6.79. The predicted octanol–water partition coefficient (Wildman–Crippen LogP) is 1.05. The van der Waals surface area contributed by atoms with Crippen LogP contribution in [0.4, 0.5) is 10.3 Å². The van der Waals surface area contributed by atoms with E-state index in [-0.39, 0.29) is 5.82 Å². The predicted molar refractivity (Wildman–Crippen MR) is 64.1 cm³/mol.